The van der Waals surface area contributed by atoms with Crippen LogP contribution in [0.5, 0.6) is 23.1 Å². The number of carbonyl (C=O) groups is 1. The lowest BCUT2D eigenvalue weighted by Gasteiger charge is -2.31. The SMILES string of the molecule is Cc1cc(Oc2ncccc2C#N)ccc1NC(=O)[C@H]1Oc2ccccc2O[C@H]1C. The van der Waals surface area contributed by atoms with E-state index in [2.05, 4.69) is 10.3 Å². The quantitative estimate of drug-likeness (QED) is 0.703. The first kappa shape index (κ1) is 19.3. The molecule has 0 fully saturated rings. The van der Waals surface area contributed by atoms with E-state index in [9.17, 15) is 4.79 Å². The lowest BCUT2D eigenvalue weighted by atomic mass is 10.1. The van der Waals surface area contributed by atoms with Crippen molar-refractivity contribution in [2.45, 2.75) is 26.1 Å². The molecule has 0 spiro atoms. The summed E-state index contributed by atoms with van der Waals surface area (Å²) in [7, 11) is 0. The van der Waals surface area contributed by atoms with Crippen molar-refractivity contribution in [3.05, 3.63) is 71.9 Å². The van der Waals surface area contributed by atoms with Gasteiger partial charge in [-0.15, -0.1) is 0 Å². The van der Waals surface area contributed by atoms with Gasteiger partial charge in [-0.2, -0.15) is 5.26 Å². The molecule has 0 saturated heterocycles. The van der Waals surface area contributed by atoms with Gasteiger partial charge in [0.05, 0.1) is 0 Å². The van der Waals surface area contributed by atoms with E-state index in [1.54, 1.807) is 49.5 Å². The average molecular weight is 401 g/mol. The van der Waals surface area contributed by atoms with Gasteiger partial charge in [-0.1, -0.05) is 12.1 Å². The third-order valence-corrected chi connectivity index (χ3v) is 4.66. The number of benzene rings is 2. The van der Waals surface area contributed by atoms with E-state index in [0.29, 0.717) is 28.5 Å². The smallest absolute Gasteiger partial charge is 0.269 e. The summed E-state index contributed by atoms with van der Waals surface area (Å²) in [5, 5.41) is 12.0. The van der Waals surface area contributed by atoms with Crippen LogP contribution in [0.1, 0.15) is 18.1 Å². The lowest BCUT2D eigenvalue weighted by molar-refractivity contribution is -0.128. The molecule has 7 heteroatoms. The zero-order valence-corrected chi connectivity index (χ0v) is 16.5. The predicted octanol–water partition coefficient (Wildman–Crippen LogP) is 4.22. The van der Waals surface area contributed by atoms with Crippen LogP contribution in [0.2, 0.25) is 0 Å². The Kier molecular flexibility index (Phi) is 5.22. The summed E-state index contributed by atoms with van der Waals surface area (Å²) in [5.41, 5.74) is 1.76. The standard InChI is InChI=1S/C23H19N3O4/c1-14-12-17(29-23-16(13-24)6-5-11-25-23)9-10-18(14)26-22(27)21-15(2)28-19-7-3-4-8-20(19)30-21/h3-12,15,21H,1-2H3,(H,26,27)/t15-,21-/m0/s1. The third kappa shape index (κ3) is 3.89. The lowest BCUT2D eigenvalue weighted by Crippen LogP contribution is -2.46. The summed E-state index contributed by atoms with van der Waals surface area (Å²) in [5.74, 6) is 1.61. The van der Waals surface area contributed by atoms with E-state index in [0.717, 1.165) is 5.56 Å². The van der Waals surface area contributed by atoms with Gasteiger partial charge in [0, 0.05) is 11.9 Å². The van der Waals surface area contributed by atoms with Crippen LogP contribution in [-0.4, -0.2) is 23.1 Å². The average Bonchev–Trinajstić information content (AvgIpc) is 2.75. The zero-order valence-electron chi connectivity index (χ0n) is 16.5. The minimum atomic E-state index is -0.776. The minimum Gasteiger partial charge on any atom is -0.482 e. The van der Waals surface area contributed by atoms with Gasteiger partial charge in [-0.25, -0.2) is 4.98 Å². The van der Waals surface area contributed by atoms with E-state index in [-0.39, 0.29) is 11.8 Å². The molecule has 0 aliphatic carbocycles. The van der Waals surface area contributed by atoms with E-state index in [1.807, 2.05) is 31.2 Å². The van der Waals surface area contributed by atoms with Crippen molar-refractivity contribution in [3.63, 3.8) is 0 Å². The summed E-state index contributed by atoms with van der Waals surface area (Å²) < 4.78 is 17.4. The first-order valence-corrected chi connectivity index (χ1v) is 9.42. The van der Waals surface area contributed by atoms with Crippen LogP contribution >= 0.6 is 0 Å². The second-order valence-corrected chi connectivity index (χ2v) is 6.84. The number of anilines is 1. The fourth-order valence-electron chi connectivity index (χ4n) is 3.12. The number of nitrogens with one attached hydrogen (secondary N) is 1. The highest BCUT2D eigenvalue weighted by atomic mass is 16.6. The van der Waals surface area contributed by atoms with Crippen molar-refractivity contribution < 1.29 is 19.0 Å². The van der Waals surface area contributed by atoms with Crippen molar-refractivity contribution in [2.75, 3.05) is 5.32 Å². The van der Waals surface area contributed by atoms with Crippen molar-refractivity contribution in [2.24, 2.45) is 0 Å². The molecule has 2 aromatic carbocycles. The molecular formula is C23H19N3O4. The number of carbonyl (C=O) groups excluding carboxylic acids is 1. The molecule has 0 bridgehead atoms. The second-order valence-electron chi connectivity index (χ2n) is 6.84. The number of para-hydroxylation sites is 2. The highest BCUT2D eigenvalue weighted by Gasteiger charge is 2.34. The molecule has 1 amide bonds. The summed E-state index contributed by atoms with van der Waals surface area (Å²) >= 11 is 0. The van der Waals surface area contributed by atoms with E-state index >= 15 is 0 Å². The van der Waals surface area contributed by atoms with Gasteiger partial charge >= 0.3 is 0 Å². The van der Waals surface area contributed by atoms with Crippen LogP contribution in [0.25, 0.3) is 0 Å². The number of nitrogens with zero attached hydrogens (tertiary/aromatic N) is 2. The van der Waals surface area contributed by atoms with Gasteiger partial charge in [-0.05, 0) is 61.9 Å². The second kappa shape index (κ2) is 8.13. The van der Waals surface area contributed by atoms with E-state index in [4.69, 9.17) is 19.5 Å². The Labute approximate surface area is 173 Å². The topological polar surface area (TPSA) is 93.5 Å². The molecule has 1 aliphatic rings. The molecule has 150 valence electrons. The monoisotopic (exact) mass is 401 g/mol. The van der Waals surface area contributed by atoms with Crippen molar-refractivity contribution in [1.82, 2.24) is 4.98 Å². The number of fused-ring (bicyclic) bond motifs is 1. The number of hydrogen-bond acceptors (Lipinski definition) is 6. The number of aromatic nitrogens is 1. The van der Waals surface area contributed by atoms with Gasteiger partial charge < -0.3 is 19.5 Å². The Hall–Kier alpha value is -4.05. The number of rotatable bonds is 4. The first-order chi connectivity index (χ1) is 14.5. The number of amides is 1. The Morgan fingerprint density at radius 2 is 1.90 bits per heavy atom. The molecule has 3 aromatic rings. The Balaban J connectivity index is 1.48. The fraction of sp³-hybridized carbons (Fsp3) is 0.174. The van der Waals surface area contributed by atoms with Crippen LogP contribution in [0.3, 0.4) is 0 Å². The molecule has 1 N–H and O–H groups in total. The molecule has 0 unspecified atom stereocenters. The molecule has 30 heavy (non-hydrogen) atoms. The normalized spacial score (nSPS) is 17.0. The third-order valence-electron chi connectivity index (χ3n) is 4.66. The van der Waals surface area contributed by atoms with Crippen molar-refractivity contribution in [1.29, 1.82) is 5.26 Å². The predicted molar refractivity (Wildman–Crippen MR) is 110 cm³/mol. The maximum Gasteiger partial charge on any atom is 0.269 e. The molecule has 7 nitrogen and oxygen atoms in total. The van der Waals surface area contributed by atoms with Crippen LogP contribution in [-0.2, 0) is 4.79 Å². The van der Waals surface area contributed by atoms with Gasteiger partial charge in [-0.3, -0.25) is 4.79 Å². The molecule has 4 rings (SSSR count). The van der Waals surface area contributed by atoms with Gasteiger partial charge in [0.2, 0.25) is 12.0 Å². The number of ether oxygens (including phenoxy) is 3. The number of pyridine rings is 1. The van der Waals surface area contributed by atoms with Gasteiger partial charge in [0.15, 0.2) is 11.5 Å². The fourth-order valence-corrected chi connectivity index (χ4v) is 3.12. The summed E-state index contributed by atoms with van der Waals surface area (Å²) in [6, 6.07) is 17.8. The highest BCUT2D eigenvalue weighted by Crippen LogP contribution is 2.34. The molecule has 0 saturated carbocycles. The Morgan fingerprint density at radius 3 is 2.63 bits per heavy atom. The molecule has 1 aliphatic heterocycles. The van der Waals surface area contributed by atoms with Crippen molar-refractivity contribution >= 4 is 11.6 Å². The van der Waals surface area contributed by atoms with Crippen molar-refractivity contribution in [3.8, 4) is 29.2 Å². The molecule has 0 radical (unpaired) electrons. The molecule has 1 aromatic heterocycles. The number of aryl methyl sites for hydroxylation is 1. The maximum absolute atomic E-state index is 12.8. The number of hydrogen-bond donors (Lipinski definition) is 1. The minimum absolute atomic E-state index is 0.233. The molecule has 2 heterocycles. The van der Waals surface area contributed by atoms with Crippen LogP contribution in [0.15, 0.2) is 60.8 Å². The van der Waals surface area contributed by atoms with E-state index in [1.165, 1.54) is 0 Å². The van der Waals surface area contributed by atoms with E-state index < -0.39 is 12.2 Å². The molecular weight excluding hydrogens is 382 g/mol. The largest absolute Gasteiger partial charge is 0.482 e. The Morgan fingerprint density at radius 1 is 1.13 bits per heavy atom. The first-order valence-electron chi connectivity index (χ1n) is 9.42. The van der Waals surface area contributed by atoms with Gasteiger partial charge in [0.25, 0.3) is 5.91 Å². The maximum atomic E-state index is 12.8. The van der Waals surface area contributed by atoms with Crippen LogP contribution in [0.4, 0.5) is 5.69 Å². The number of nitriles is 1. The van der Waals surface area contributed by atoms with Crippen LogP contribution in [0, 0.1) is 18.3 Å². The highest BCUT2D eigenvalue weighted by molar-refractivity contribution is 5.95. The Bertz CT molecular complexity index is 1140. The van der Waals surface area contributed by atoms with Gasteiger partial charge in [0.1, 0.15) is 23.5 Å². The summed E-state index contributed by atoms with van der Waals surface area (Å²) in [4.78, 5) is 16.9. The summed E-state index contributed by atoms with van der Waals surface area (Å²) in [6.45, 7) is 3.65. The summed E-state index contributed by atoms with van der Waals surface area (Å²) in [6.07, 6.45) is 0.349. The zero-order chi connectivity index (χ0) is 21.1. The van der Waals surface area contributed by atoms with Crippen LogP contribution < -0.4 is 19.5 Å². The molecule has 2 atom stereocenters.